The molecule has 2 amide bonds. The first-order valence-electron chi connectivity index (χ1n) is 8.95. The summed E-state index contributed by atoms with van der Waals surface area (Å²) < 4.78 is 32.4. The van der Waals surface area contributed by atoms with Crippen molar-refractivity contribution in [2.24, 2.45) is 0 Å². The van der Waals surface area contributed by atoms with E-state index in [4.69, 9.17) is 4.74 Å². The highest BCUT2D eigenvalue weighted by molar-refractivity contribution is 6.45. The number of imide groups is 1. The minimum atomic E-state index is -1.12. The van der Waals surface area contributed by atoms with Gasteiger partial charge < -0.3 is 9.64 Å². The topological polar surface area (TPSA) is 49.9 Å². The zero-order valence-electron chi connectivity index (χ0n) is 15.2. The number of carbonyl (C=O) groups is 2. The number of nitrogens with zero attached hydrogens (tertiary/aromatic N) is 2. The minimum Gasteiger partial charge on any atom is -0.378 e. The van der Waals surface area contributed by atoms with Crippen LogP contribution in [0, 0.1) is 18.6 Å². The zero-order valence-corrected chi connectivity index (χ0v) is 15.2. The van der Waals surface area contributed by atoms with E-state index in [1.807, 2.05) is 24.0 Å². The van der Waals surface area contributed by atoms with Gasteiger partial charge in [0.05, 0.1) is 24.5 Å². The number of morpholine rings is 1. The van der Waals surface area contributed by atoms with Gasteiger partial charge in [-0.05, 0) is 24.6 Å². The van der Waals surface area contributed by atoms with E-state index in [9.17, 15) is 18.4 Å². The lowest BCUT2D eigenvalue weighted by molar-refractivity contribution is -0.121. The van der Waals surface area contributed by atoms with Gasteiger partial charge in [-0.15, -0.1) is 0 Å². The number of halogens is 2. The van der Waals surface area contributed by atoms with Gasteiger partial charge in [0, 0.05) is 19.2 Å². The zero-order chi connectivity index (χ0) is 19.8. The Labute approximate surface area is 160 Å². The predicted molar refractivity (Wildman–Crippen MR) is 99.3 cm³/mol. The molecule has 1 saturated heterocycles. The molecule has 0 aliphatic carbocycles. The molecule has 28 heavy (non-hydrogen) atoms. The highest BCUT2D eigenvalue weighted by atomic mass is 19.2. The largest absolute Gasteiger partial charge is 0.378 e. The van der Waals surface area contributed by atoms with E-state index in [2.05, 4.69) is 0 Å². The van der Waals surface area contributed by atoms with Crippen LogP contribution in [0.1, 0.15) is 11.1 Å². The molecule has 0 aromatic heterocycles. The quantitative estimate of drug-likeness (QED) is 0.764. The Kier molecular flexibility index (Phi) is 4.68. The first-order chi connectivity index (χ1) is 13.5. The fraction of sp³-hybridized carbons (Fsp3) is 0.238. The number of carbonyl (C=O) groups excluding carboxylic acids is 2. The molecule has 0 unspecified atom stereocenters. The number of ether oxygens (including phenoxy) is 1. The molecule has 2 aromatic carbocycles. The molecule has 1 fully saturated rings. The lowest BCUT2D eigenvalue weighted by atomic mass is 10.0. The fourth-order valence-corrected chi connectivity index (χ4v) is 3.44. The number of aryl methyl sites for hydroxylation is 1. The van der Waals surface area contributed by atoms with Crippen LogP contribution in [-0.4, -0.2) is 43.0 Å². The lowest BCUT2D eigenvalue weighted by Crippen LogP contribution is -2.40. The van der Waals surface area contributed by atoms with Crippen molar-refractivity contribution in [1.29, 1.82) is 0 Å². The van der Waals surface area contributed by atoms with Gasteiger partial charge >= 0.3 is 0 Å². The van der Waals surface area contributed by atoms with E-state index in [1.54, 1.807) is 12.1 Å². The molecule has 0 atom stereocenters. The molecule has 0 spiro atoms. The molecule has 0 saturated carbocycles. The van der Waals surface area contributed by atoms with Crippen molar-refractivity contribution in [3.63, 3.8) is 0 Å². The summed E-state index contributed by atoms with van der Waals surface area (Å²) in [6, 6.07) is 10.3. The third-order valence-corrected chi connectivity index (χ3v) is 4.89. The van der Waals surface area contributed by atoms with E-state index < -0.39 is 23.4 Å². The first kappa shape index (κ1) is 18.3. The normalized spacial score (nSPS) is 17.7. The van der Waals surface area contributed by atoms with Crippen molar-refractivity contribution < 1.29 is 23.1 Å². The minimum absolute atomic E-state index is 0.00164. The van der Waals surface area contributed by atoms with Gasteiger partial charge in [0.2, 0.25) is 0 Å². The summed E-state index contributed by atoms with van der Waals surface area (Å²) in [4.78, 5) is 29.2. The standard InChI is InChI=1S/C21H18F2N2O3/c1-13-2-4-14(5-3-13)18-19(24-8-10-28-11-9-24)21(27)25(20(18)26)15-6-7-16(22)17(23)12-15/h2-7,12H,8-11H2,1H3. The molecule has 144 valence electrons. The van der Waals surface area contributed by atoms with E-state index >= 15 is 0 Å². The maximum absolute atomic E-state index is 13.7. The fourth-order valence-electron chi connectivity index (χ4n) is 3.44. The molecule has 0 bridgehead atoms. The summed E-state index contributed by atoms with van der Waals surface area (Å²) in [7, 11) is 0. The van der Waals surface area contributed by atoms with Crippen molar-refractivity contribution >= 4 is 23.1 Å². The number of anilines is 1. The van der Waals surface area contributed by atoms with Crippen LogP contribution in [-0.2, 0) is 14.3 Å². The summed E-state index contributed by atoms with van der Waals surface area (Å²) in [5, 5.41) is 0. The van der Waals surface area contributed by atoms with Crippen LogP contribution in [0.2, 0.25) is 0 Å². The summed E-state index contributed by atoms with van der Waals surface area (Å²) >= 11 is 0. The van der Waals surface area contributed by atoms with Gasteiger partial charge in [0.15, 0.2) is 11.6 Å². The van der Waals surface area contributed by atoms with Gasteiger partial charge in [-0.25, -0.2) is 13.7 Å². The average Bonchev–Trinajstić information content (AvgIpc) is 2.96. The third kappa shape index (κ3) is 3.07. The second-order valence-electron chi connectivity index (χ2n) is 6.73. The Hall–Kier alpha value is -3.06. The molecule has 2 aliphatic heterocycles. The molecule has 4 rings (SSSR count). The Morgan fingerprint density at radius 3 is 2.21 bits per heavy atom. The van der Waals surface area contributed by atoms with Gasteiger partial charge in [-0.2, -0.15) is 0 Å². The molecule has 0 N–H and O–H groups in total. The van der Waals surface area contributed by atoms with E-state index in [0.29, 0.717) is 31.9 Å². The second kappa shape index (κ2) is 7.16. The molecule has 5 nitrogen and oxygen atoms in total. The molecule has 7 heteroatoms. The maximum Gasteiger partial charge on any atom is 0.282 e. The second-order valence-corrected chi connectivity index (χ2v) is 6.73. The molecular weight excluding hydrogens is 366 g/mol. The summed E-state index contributed by atoms with van der Waals surface area (Å²) in [6.07, 6.45) is 0. The Bertz CT molecular complexity index is 980. The number of rotatable bonds is 3. The maximum atomic E-state index is 13.7. The Morgan fingerprint density at radius 2 is 1.57 bits per heavy atom. The number of amides is 2. The van der Waals surface area contributed by atoms with E-state index in [0.717, 1.165) is 22.6 Å². The van der Waals surface area contributed by atoms with E-state index in [-0.39, 0.29) is 17.0 Å². The molecular formula is C21H18F2N2O3. The van der Waals surface area contributed by atoms with Gasteiger partial charge in [-0.3, -0.25) is 9.59 Å². The monoisotopic (exact) mass is 384 g/mol. The van der Waals surface area contributed by atoms with Crippen LogP contribution in [0.4, 0.5) is 14.5 Å². The van der Waals surface area contributed by atoms with Crippen LogP contribution in [0.15, 0.2) is 48.2 Å². The van der Waals surface area contributed by atoms with Crippen LogP contribution in [0.25, 0.3) is 5.57 Å². The summed E-state index contributed by atoms with van der Waals surface area (Å²) in [5.74, 6) is -3.26. The van der Waals surface area contributed by atoms with Crippen molar-refractivity contribution in [3.05, 3.63) is 70.9 Å². The molecule has 0 radical (unpaired) electrons. The molecule has 2 aliphatic rings. The number of benzene rings is 2. The highest BCUT2D eigenvalue weighted by Gasteiger charge is 2.42. The molecule has 2 aromatic rings. The summed E-state index contributed by atoms with van der Waals surface area (Å²) in [6.45, 7) is 3.75. The van der Waals surface area contributed by atoms with Crippen molar-refractivity contribution in [2.45, 2.75) is 6.92 Å². The number of hydrogen-bond donors (Lipinski definition) is 0. The highest BCUT2D eigenvalue weighted by Crippen LogP contribution is 2.35. The summed E-state index contributed by atoms with van der Waals surface area (Å²) in [5.41, 5.74) is 2.15. The first-order valence-corrected chi connectivity index (χ1v) is 8.95. The van der Waals surface area contributed by atoms with Crippen molar-refractivity contribution in [2.75, 3.05) is 31.2 Å². The average molecular weight is 384 g/mol. The van der Waals surface area contributed by atoms with E-state index in [1.165, 1.54) is 6.07 Å². The Balaban J connectivity index is 1.82. The Morgan fingerprint density at radius 1 is 0.893 bits per heavy atom. The van der Waals surface area contributed by atoms with Crippen LogP contribution in [0.5, 0.6) is 0 Å². The van der Waals surface area contributed by atoms with Crippen LogP contribution in [0.3, 0.4) is 0 Å². The van der Waals surface area contributed by atoms with Crippen LogP contribution < -0.4 is 4.90 Å². The smallest absolute Gasteiger partial charge is 0.282 e. The van der Waals surface area contributed by atoms with Gasteiger partial charge in [0.25, 0.3) is 11.8 Å². The van der Waals surface area contributed by atoms with Crippen molar-refractivity contribution in [1.82, 2.24) is 4.90 Å². The van der Waals surface area contributed by atoms with Gasteiger partial charge in [-0.1, -0.05) is 29.8 Å². The predicted octanol–water partition coefficient (Wildman–Crippen LogP) is 2.89. The lowest BCUT2D eigenvalue weighted by Gasteiger charge is -2.29. The number of hydrogen-bond acceptors (Lipinski definition) is 4. The SMILES string of the molecule is Cc1ccc(C2=C(N3CCOCC3)C(=O)N(c3ccc(F)c(F)c3)C2=O)cc1. The van der Waals surface area contributed by atoms with Crippen LogP contribution >= 0.6 is 0 Å². The molecule has 2 heterocycles. The third-order valence-electron chi connectivity index (χ3n) is 4.89. The van der Waals surface area contributed by atoms with Gasteiger partial charge in [0.1, 0.15) is 5.70 Å². The van der Waals surface area contributed by atoms with Crippen molar-refractivity contribution in [3.8, 4) is 0 Å².